The second-order valence-electron chi connectivity index (χ2n) is 8.31. The molecule has 8 nitrogen and oxygen atoms in total. The van der Waals surface area contributed by atoms with E-state index in [1.165, 1.54) is 11.9 Å². The van der Waals surface area contributed by atoms with Gasteiger partial charge in [0.25, 0.3) is 12.4 Å². The Bertz CT molecular complexity index is 799. The summed E-state index contributed by atoms with van der Waals surface area (Å²) in [4.78, 5) is 16.6. The first-order chi connectivity index (χ1) is 15.7. The van der Waals surface area contributed by atoms with Gasteiger partial charge < -0.3 is 29.5 Å². The van der Waals surface area contributed by atoms with Gasteiger partial charge in [0.2, 0.25) is 5.91 Å². The molecule has 33 heavy (non-hydrogen) atoms. The molecule has 1 fully saturated rings. The molecule has 1 heterocycles. The van der Waals surface area contributed by atoms with E-state index in [1.807, 2.05) is 0 Å². The predicted molar refractivity (Wildman–Crippen MR) is 110 cm³/mol. The molecule has 3 aliphatic rings. The van der Waals surface area contributed by atoms with Crippen LogP contribution < -0.4 is 5.32 Å². The van der Waals surface area contributed by atoms with Gasteiger partial charge in [-0.3, -0.25) is 4.79 Å². The lowest BCUT2D eigenvalue weighted by atomic mass is 9.95. The van der Waals surface area contributed by atoms with E-state index in [2.05, 4.69) is 10.3 Å². The Balaban J connectivity index is 1.50. The summed E-state index contributed by atoms with van der Waals surface area (Å²) < 4.78 is 70.6. The summed E-state index contributed by atoms with van der Waals surface area (Å²) >= 11 is 0. The molecule has 3 rings (SSSR count). The molecule has 1 amide bonds. The number of aliphatic hydroxyl groups is 1. The molecule has 1 aliphatic heterocycles. The molecule has 1 saturated carbocycles. The Morgan fingerprint density at radius 2 is 1.94 bits per heavy atom. The highest BCUT2D eigenvalue weighted by Gasteiger charge is 2.45. The Labute approximate surface area is 189 Å². The molecule has 0 aromatic rings. The third-order valence-electron chi connectivity index (χ3n) is 5.68. The van der Waals surface area contributed by atoms with E-state index in [-0.39, 0.29) is 30.0 Å². The highest BCUT2D eigenvalue weighted by atomic mass is 19.3. The van der Waals surface area contributed by atoms with Gasteiger partial charge in [-0.1, -0.05) is 0 Å². The van der Waals surface area contributed by atoms with E-state index in [0.717, 1.165) is 6.08 Å². The third kappa shape index (κ3) is 6.38. The molecule has 0 spiro atoms. The topological polar surface area (TPSA) is 92.6 Å². The number of likely N-dealkylation sites (N-methyl/N-ethyl adjacent to an activating group) is 1. The lowest BCUT2D eigenvalue weighted by Crippen LogP contribution is -2.44. The number of rotatable bonds is 9. The lowest BCUT2D eigenvalue weighted by Gasteiger charge is -2.32. The maximum atomic E-state index is 14.9. The van der Waals surface area contributed by atoms with Crippen molar-refractivity contribution in [1.29, 1.82) is 0 Å². The molecular formula is C21H29F4N3O5. The molecular weight excluding hydrogens is 450 g/mol. The number of amidine groups is 1. The zero-order valence-corrected chi connectivity index (χ0v) is 18.5. The van der Waals surface area contributed by atoms with Crippen molar-refractivity contribution in [3.05, 3.63) is 23.4 Å². The number of carbonyl (C=O) groups is 1. The lowest BCUT2D eigenvalue weighted by molar-refractivity contribution is -0.125. The van der Waals surface area contributed by atoms with Crippen molar-refractivity contribution >= 4 is 11.9 Å². The minimum absolute atomic E-state index is 0.0155. The molecule has 0 aromatic heterocycles. The Morgan fingerprint density at radius 3 is 2.58 bits per heavy atom. The number of alkyl halides is 3. The fourth-order valence-electron chi connectivity index (χ4n) is 4.01. The van der Waals surface area contributed by atoms with Gasteiger partial charge in [-0.05, 0) is 32.6 Å². The molecule has 0 saturated heterocycles. The zero-order chi connectivity index (χ0) is 24.1. The third-order valence-corrected chi connectivity index (χ3v) is 5.68. The van der Waals surface area contributed by atoms with Crippen LogP contribution in [0.25, 0.3) is 0 Å². The normalized spacial score (nSPS) is 28.3. The number of halogens is 4. The smallest absolute Gasteiger partial charge is 0.293 e. The van der Waals surface area contributed by atoms with Gasteiger partial charge in [0, 0.05) is 19.2 Å². The van der Waals surface area contributed by atoms with Crippen LogP contribution in [0, 0.1) is 0 Å². The number of ether oxygens (including phenoxy) is 3. The molecule has 2 unspecified atom stereocenters. The van der Waals surface area contributed by atoms with Crippen LogP contribution in [0.3, 0.4) is 0 Å². The zero-order valence-electron chi connectivity index (χ0n) is 18.5. The molecule has 0 aromatic carbocycles. The number of hydrogen-bond donors (Lipinski definition) is 2. The molecule has 186 valence electrons. The van der Waals surface area contributed by atoms with Crippen molar-refractivity contribution < 1.29 is 41.7 Å². The van der Waals surface area contributed by atoms with Crippen molar-refractivity contribution in [2.75, 3.05) is 26.9 Å². The molecule has 3 atom stereocenters. The predicted octanol–water partition coefficient (Wildman–Crippen LogP) is 2.20. The second-order valence-corrected chi connectivity index (χ2v) is 8.31. The monoisotopic (exact) mass is 479 g/mol. The SMILES string of the molecule is C[C@@H](COC1CCC(OC2=NC3=C(F)C=C(OCC(F)F)C(F)C3N2C)CC1)NC(=O)CO. The molecule has 0 radical (unpaired) electrons. The summed E-state index contributed by atoms with van der Waals surface area (Å²) in [6.07, 6.45) is -1.47. The van der Waals surface area contributed by atoms with Gasteiger partial charge >= 0.3 is 0 Å². The number of aliphatic hydroxyl groups excluding tert-OH is 1. The summed E-state index contributed by atoms with van der Waals surface area (Å²) in [6, 6.07) is -1.31. The van der Waals surface area contributed by atoms with Crippen LogP contribution in [0.2, 0.25) is 0 Å². The Kier molecular flexibility index (Phi) is 8.57. The Morgan fingerprint density at radius 1 is 1.27 bits per heavy atom. The first-order valence-corrected chi connectivity index (χ1v) is 10.9. The standard InChI is InChI=1S/C21H29F4N3O5/c1-11(26-17(30)8-29)9-31-12-3-5-13(6-4-12)33-21-27-19-14(22)7-15(32-10-16(23)24)18(25)20(19)28(21)2/h7,11-13,16,18,20,29H,3-6,8-10H2,1-2H3,(H,26,30)/t11-,12?,13?,18?,20?/m0/s1. The highest BCUT2D eigenvalue weighted by Crippen LogP contribution is 2.37. The number of allylic oxidation sites excluding steroid dienone is 2. The molecule has 12 heteroatoms. The Hall–Kier alpha value is -2.34. The summed E-state index contributed by atoms with van der Waals surface area (Å²) in [5.74, 6) is -1.80. The minimum Gasteiger partial charge on any atom is -0.489 e. The second kappa shape index (κ2) is 11.2. The van der Waals surface area contributed by atoms with Crippen molar-refractivity contribution in [3.8, 4) is 0 Å². The number of carbonyl (C=O) groups excluding carboxylic acids is 1. The maximum absolute atomic E-state index is 14.9. The van der Waals surface area contributed by atoms with E-state index < -0.39 is 49.3 Å². The number of fused-ring (bicyclic) bond motifs is 1. The van der Waals surface area contributed by atoms with Gasteiger partial charge in [-0.25, -0.2) is 17.6 Å². The molecule has 2 aliphatic carbocycles. The molecule has 2 N–H and O–H groups in total. The van der Waals surface area contributed by atoms with E-state index in [1.54, 1.807) is 6.92 Å². The van der Waals surface area contributed by atoms with Gasteiger partial charge in [0.15, 0.2) is 12.0 Å². The van der Waals surface area contributed by atoms with Gasteiger partial charge in [-0.15, -0.1) is 0 Å². The number of nitrogens with one attached hydrogen (secondary N) is 1. The van der Waals surface area contributed by atoms with Gasteiger partial charge in [0.05, 0.1) is 12.7 Å². The minimum atomic E-state index is -2.80. The van der Waals surface area contributed by atoms with Crippen LogP contribution in [0.1, 0.15) is 32.6 Å². The van der Waals surface area contributed by atoms with Crippen LogP contribution >= 0.6 is 0 Å². The fraction of sp³-hybridized carbons (Fsp3) is 0.714. The average Bonchev–Trinajstić information content (AvgIpc) is 3.11. The fourth-order valence-corrected chi connectivity index (χ4v) is 4.01. The van der Waals surface area contributed by atoms with E-state index in [9.17, 15) is 22.4 Å². The van der Waals surface area contributed by atoms with Gasteiger partial charge in [-0.2, -0.15) is 4.99 Å². The first-order valence-electron chi connectivity index (χ1n) is 10.9. The first kappa shape index (κ1) is 25.3. The maximum Gasteiger partial charge on any atom is 0.293 e. The van der Waals surface area contributed by atoms with Crippen molar-refractivity contribution in [2.45, 2.75) is 69.5 Å². The van der Waals surface area contributed by atoms with Crippen LogP contribution in [0.15, 0.2) is 28.4 Å². The van der Waals surface area contributed by atoms with Crippen LogP contribution in [-0.2, 0) is 19.0 Å². The quantitative estimate of drug-likeness (QED) is 0.493. The number of aliphatic imine (C=N–C) groups is 1. The summed E-state index contributed by atoms with van der Waals surface area (Å²) in [6.45, 7) is 0.497. The summed E-state index contributed by atoms with van der Waals surface area (Å²) in [5.41, 5.74) is -0.152. The van der Waals surface area contributed by atoms with E-state index >= 15 is 0 Å². The van der Waals surface area contributed by atoms with Crippen molar-refractivity contribution in [2.24, 2.45) is 4.99 Å². The van der Waals surface area contributed by atoms with E-state index in [4.69, 9.17) is 19.3 Å². The van der Waals surface area contributed by atoms with Crippen molar-refractivity contribution in [1.82, 2.24) is 10.2 Å². The van der Waals surface area contributed by atoms with Crippen LogP contribution in [0.4, 0.5) is 17.6 Å². The number of nitrogens with zero attached hydrogens (tertiary/aromatic N) is 2. The van der Waals surface area contributed by atoms with Crippen LogP contribution in [0.5, 0.6) is 0 Å². The summed E-state index contributed by atoms with van der Waals surface area (Å²) in [7, 11) is 1.50. The van der Waals surface area contributed by atoms with Crippen molar-refractivity contribution in [3.63, 3.8) is 0 Å². The largest absolute Gasteiger partial charge is 0.489 e. The van der Waals surface area contributed by atoms with Crippen LogP contribution in [-0.4, -0.2) is 85.7 Å². The average molecular weight is 479 g/mol. The summed E-state index contributed by atoms with van der Waals surface area (Å²) in [5, 5.41) is 11.4. The molecule has 0 bridgehead atoms. The number of hydrogen-bond acceptors (Lipinski definition) is 7. The van der Waals surface area contributed by atoms with E-state index in [0.29, 0.717) is 32.3 Å². The number of amides is 1. The highest BCUT2D eigenvalue weighted by molar-refractivity contribution is 5.80. The van der Waals surface area contributed by atoms with Gasteiger partial charge in [0.1, 0.15) is 36.8 Å².